The second-order valence-corrected chi connectivity index (χ2v) is 5.19. The number of aromatic nitrogens is 1. The lowest BCUT2D eigenvalue weighted by molar-refractivity contribution is 0.544. The van der Waals surface area contributed by atoms with Crippen LogP contribution in [-0.2, 0) is 13.1 Å². The standard InChI is InChI=1S/C10H12ClN3OS/c1-14(5-8-2-3-9(11)16-8)10-13-7(4-12)6-15-10/h2-3,6H,4-5,12H2,1H3. The van der Waals surface area contributed by atoms with Crippen molar-refractivity contribution in [2.24, 2.45) is 5.73 Å². The van der Waals surface area contributed by atoms with Crippen LogP contribution in [0.1, 0.15) is 10.6 Å². The van der Waals surface area contributed by atoms with Gasteiger partial charge in [-0.25, -0.2) is 0 Å². The van der Waals surface area contributed by atoms with E-state index in [0.717, 1.165) is 16.6 Å². The highest BCUT2D eigenvalue weighted by atomic mass is 35.5. The van der Waals surface area contributed by atoms with Crippen LogP contribution in [0.3, 0.4) is 0 Å². The second-order valence-electron chi connectivity index (χ2n) is 3.39. The highest BCUT2D eigenvalue weighted by molar-refractivity contribution is 7.16. The molecule has 0 bridgehead atoms. The summed E-state index contributed by atoms with van der Waals surface area (Å²) in [6.07, 6.45) is 1.58. The quantitative estimate of drug-likeness (QED) is 0.914. The molecule has 0 fully saturated rings. The van der Waals surface area contributed by atoms with Crippen molar-refractivity contribution in [1.82, 2.24) is 4.98 Å². The molecule has 2 aromatic heterocycles. The molecule has 2 heterocycles. The van der Waals surface area contributed by atoms with Crippen LogP contribution in [0.15, 0.2) is 22.8 Å². The molecule has 0 saturated carbocycles. The zero-order chi connectivity index (χ0) is 11.5. The number of nitrogens with zero attached hydrogens (tertiary/aromatic N) is 2. The van der Waals surface area contributed by atoms with Crippen LogP contribution < -0.4 is 10.6 Å². The smallest absolute Gasteiger partial charge is 0.297 e. The topological polar surface area (TPSA) is 55.3 Å². The Balaban J connectivity index is 2.05. The van der Waals surface area contributed by atoms with Gasteiger partial charge in [-0.15, -0.1) is 11.3 Å². The van der Waals surface area contributed by atoms with Gasteiger partial charge in [-0.1, -0.05) is 11.6 Å². The summed E-state index contributed by atoms with van der Waals surface area (Å²) in [7, 11) is 1.92. The van der Waals surface area contributed by atoms with E-state index in [4.69, 9.17) is 21.8 Å². The molecule has 0 aliphatic rings. The minimum atomic E-state index is 0.391. The number of anilines is 1. The highest BCUT2D eigenvalue weighted by Crippen LogP contribution is 2.24. The van der Waals surface area contributed by atoms with Gasteiger partial charge in [-0.2, -0.15) is 4.98 Å². The minimum Gasteiger partial charge on any atom is -0.432 e. The van der Waals surface area contributed by atoms with Gasteiger partial charge in [0.1, 0.15) is 6.26 Å². The van der Waals surface area contributed by atoms with Crippen molar-refractivity contribution in [3.8, 4) is 0 Å². The summed E-state index contributed by atoms with van der Waals surface area (Å²) < 4.78 is 6.09. The first kappa shape index (κ1) is 11.4. The average Bonchev–Trinajstić information content (AvgIpc) is 2.87. The Hall–Kier alpha value is -1.04. The second kappa shape index (κ2) is 4.86. The number of halogens is 1. The van der Waals surface area contributed by atoms with Crippen molar-refractivity contribution < 1.29 is 4.42 Å². The van der Waals surface area contributed by atoms with E-state index in [1.54, 1.807) is 17.6 Å². The molecule has 16 heavy (non-hydrogen) atoms. The first-order chi connectivity index (χ1) is 7.69. The molecule has 6 heteroatoms. The lowest BCUT2D eigenvalue weighted by Crippen LogP contribution is -2.16. The zero-order valence-corrected chi connectivity index (χ0v) is 10.4. The first-order valence-electron chi connectivity index (χ1n) is 4.79. The molecule has 0 atom stereocenters. The van der Waals surface area contributed by atoms with Crippen molar-refractivity contribution in [3.63, 3.8) is 0 Å². The number of hydrogen-bond acceptors (Lipinski definition) is 5. The Morgan fingerprint density at radius 2 is 2.38 bits per heavy atom. The molecule has 0 aromatic carbocycles. The van der Waals surface area contributed by atoms with Gasteiger partial charge in [0.05, 0.1) is 16.6 Å². The summed E-state index contributed by atoms with van der Waals surface area (Å²) in [6, 6.07) is 4.46. The van der Waals surface area contributed by atoms with E-state index in [0.29, 0.717) is 12.6 Å². The van der Waals surface area contributed by atoms with Crippen LogP contribution >= 0.6 is 22.9 Å². The van der Waals surface area contributed by atoms with Gasteiger partial charge >= 0.3 is 0 Å². The van der Waals surface area contributed by atoms with E-state index in [1.807, 2.05) is 24.1 Å². The Morgan fingerprint density at radius 1 is 1.56 bits per heavy atom. The van der Waals surface area contributed by atoms with Gasteiger partial charge in [-0.3, -0.25) is 0 Å². The molecular formula is C10H12ClN3OS. The third-order valence-corrected chi connectivity index (χ3v) is 3.31. The summed E-state index contributed by atoms with van der Waals surface area (Å²) in [6.45, 7) is 1.12. The maximum atomic E-state index is 5.86. The van der Waals surface area contributed by atoms with Gasteiger partial charge in [0, 0.05) is 18.5 Å². The van der Waals surface area contributed by atoms with E-state index < -0.39 is 0 Å². The SMILES string of the molecule is CN(Cc1ccc(Cl)s1)c1nc(CN)co1. The Bertz CT molecular complexity index is 468. The van der Waals surface area contributed by atoms with Crippen molar-refractivity contribution in [1.29, 1.82) is 0 Å². The molecule has 4 nitrogen and oxygen atoms in total. The Kier molecular flexibility index (Phi) is 3.48. The predicted octanol–water partition coefficient (Wildman–Crippen LogP) is 2.48. The van der Waals surface area contributed by atoms with Crippen LogP contribution in [0.4, 0.5) is 6.01 Å². The molecule has 0 spiro atoms. The summed E-state index contributed by atoms with van der Waals surface area (Å²) >= 11 is 7.41. The van der Waals surface area contributed by atoms with Crippen LogP contribution in [0.2, 0.25) is 4.34 Å². The van der Waals surface area contributed by atoms with Gasteiger partial charge in [-0.05, 0) is 12.1 Å². The largest absolute Gasteiger partial charge is 0.432 e. The minimum absolute atomic E-state index is 0.391. The summed E-state index contributed by atoms with van der Waals surface area (Å²) in [5, 5.41) is 0. The normalized spacial score (nSPS) is 10.7. The molecule has 0 unspecified atom stereocenters. The summed E-state index contributed by atoms with van der Waals surface area (Å²) in [4.78, 5) is 7.32. The van der Waals surface area contributed by atoms with E-state index in [1.165, 1.54) is 4.88 Å². The molecule has 0 amide bonds. The van der Waals surface area contributed by atoms with Gasteiger partial charge in [0.15, 0.2) is 0 Å². The van der Waals surface area contributed by atoms with Gasteiger partial charge < -0.3 is 15.1 Å². The Labute approximate surface area is 103 Å². The lowest BCUT2D eigenvalue weighted by Gasteiger charge is -2.12. The lowest BCUT2D eigenvalue weighted by atomic mass is 10.4. The van der Waals surface area contributed by atoms with Crippen molar-refractivity contribution >= 4 is 29.0 Å². The molecule has 0 aliphatic heterocycles. The third kappa shape index (κ3) is 2.55. The molecule has 2 rings (SSSR count). The number of thiophene rings is 1. The molecule has 2 N–H and O–H groups in total. The molecule has 0 radical (unpaired) electrons. The monoisotopic (exact) mass is 257 g/mol. The van der Waals surface area contributed by atoms with Crippen molar-refractivity contribution in [2.45, 2.75) is 13.1 Å². The predicted molar refractivity (Wildman–Crippen MR) is 65.8 cm³/mol. The molecular weight excluding hydrogens is 246 g/mol. The van der Waals surface area contributed by atoms with E-state index in [-0.39, 0.29) is 0 Å². The van der Waals surface area contributed by atoms with Crippen molar-refractivity contribution in [2.75, 3.05) is 11.9 Å². The molecule has 2 aromatic rings. The number of rotatable bonds is 4. The van der Waals surface area contributed by atoms with E-state index in [2.05, 4.69) is 4.98 Å². The fraction of sp³-hybridized carbons (Fsp3) is 0.300. The maximum absolute atomic E-state index is 5.86. The fourth-order valence-electron chi connectivity index (χ4n) is 1.30. The number of oxazole rings is 1. The Morgan fingerprint density at radius 3 is 2.94 bits per heavy atom. The maximum Gasteiger partial charge on any atom is 0.297 e. The fourth-order valence-corrected chi connectivity index (χ4v) is 2.44. The number of hydrogen-bond donors (Lipinski definition) is 1. The van der Waals surface area contributed by atoms with E-state index in [9.17, 15) is 0 Å². The van der Waals surface area contributed by atoms with Crippen molar-refractivity contribution in [3.05, 3.63) is 33.3 Å². The first-order valence-corrected chi connectivity index (χ1v) is 5.98. The molecule has 86 valence electrons. The molecule has 0 saturated heterocycles. The van der Waals surface area contributed by atoms with Gasteiger partial charge in [0.25, 0.3) is 6.01 Å². The average molecular weight is 258 g/mol. The van der Waals surface area contributed by atoms with Crippen LogP contribution in [0.25, 0.3) is 0 Å². The van der Waals surface area contributed by atoms with E-state index >= 15 is 0 Å². The zero-order valence-electron chi connectivity index (χ0n) is 8.81. The number of nitrogens with two attached hydrogens (primary N) is 1. The highest BCUT2D eigenvalue weighted by Gasteiger charge is 2.09. The third-order valence-electron chi connectivity index (χ3n) is 2.10. The summed E-state index contributed by atoms with van der Waals surface area (Å²) in [5.41, 5.74) is 6.22. The molecule has 0 aliphatic carbocycles. The van der Waals surface area contributed by atoms with Crippen LogP contribution in [0.5, 0.6) is 0 Å². The van der Waals surface area contributed by atoms with Crippen LogP contribution in [-0.4, -0.2) is 12.0 Å². The van der Waals surface area contributed by atoms with Crippen LogP contribution in [0, 0.1) is 0 Å². The van der Waals surface area contributed by atoms with Gasteiger partial charge in [0.2, 0.25) is 0 Å². The summed E-state index contributed by atoms with van der Waals surface area (Å²) in [5.74, 6) is 0.